The molecule has 1 aromatic heterocycles. The van der Waals surface area contributed by atoms with Crippen molar-refractivity contribution in [1.82, 2.24) is 0 Å². The molecule has 5 nitrogen and oxygen atoms in total. The summed E-state index contributed by atoms with van der Waals surface area (Å²) in [5.74, 6) is 1.36. The van der Waals surface area contributed by atoms with E-state index in [1.165, 1.54) is 75.5 Å². The summed E-state index contributed by atoms with van der Waals surface area (Å²) in [4.78, 5) is 14.2. The van der Waals surface area contributed by atoms with Crippen LogP contribution in [-0.4, -0.2) is 19.6 Å². The SMILES string of the molecule is CCCCCCCCCCCCCCOc1ccc(CC(=O)Nc2ccccc2C[n+]2csc(C)c2)cc1OC.[Br-]. The molecule has 0 saturated heterocycles. The Morgan fingerprint density at radius 1 is 0.878 bits per heavy atom. The molecule has 0 aliphatic rings. The fourth-order valence-corrected chi connectivity index (χ4v) is 5.58. The van der Waals surface area contributed by atoms with Crippen LogP contribution in [0.3, 0.4) is 0 Å². The van der Waals surface area contributed by atoms with Crippen LogP contribution in [0.4, 0.5) is 5.69 Å². The number of anilines is 1. The second-order valence-corrected chi connectivity index (χ2v) is 11.8. The Morgan fingerprint density at radius 2 is 1.54 bits per heavy atom. The molecule has 0 saturated carbocycles. The number of rotatable bonds is 20. The molecule has 7 heteroatoms. The third-order valence-electron chi connectivity index (χ3n) is 7.21. The molecule has 226 valence electrons. The van der Waals surface area contributed by atoms with Crippen molar-refractivity contribution in [3.05, 3.63) is 70.2 Å². The zero-order chi connectivity index (χ0) is 28.4. The van der Waals surface area contributed by atoms with Gasteiger partial charge in [-0.25, -0.2) is 0 Å². The lowest BCUT2D eigenvalue weighted by molar-refractivity contribution is -0.683. The predicted molar refractivity (Wildman–Crippen MR) is 167 cm³/mol. The van der Waals surface area contributed by atoms with Gasteiger partial charge >= 0.3 is 0 Å². The van der Waals surface area contributed by atoms with E-state index in [1.807, 2.05) is 36.4 Å². The number of carbonyl (C=O) groups is 1. The first kappa shape index (κ1) is 34.8. The number of nitrogens with zero attached hydrogens (tertiary/aromatic N) is 1. The van der Waals surface area contributed by atoms with Crippen LogP contribution in [0.2, 0.25) is 0 Å². The summed E-state index contributed by atoms with van der Waals surface area (Å²) < 4.78 is 13.7. The highest BCUT2D eigenvalue weighted by atomic mass is 79.9. The van der Waals surface area contributed by atoms with Crippen LogP contribution in [0.1, 0.15) is 100.0 Å². The highest BCUT2D eigenvalue weighted by molar-refractivity contribution is 7.09. The Labute approximate surface area is 262 Å². The highest BCUT2D eigenvalue weighted by Crippen LogP contribution is 2.29. The molecule has 1 amide bonds. The van der Waals surface area contributed by atoms with E-state index in [4.69, 9.17) is 9.47 Å². The molecule has 0 aliphatic carbocycles. The lowest BCUT2D eigenvalue weighted by Crippen LogP contribution is -3.00. The number of methoxy groups -OCH3 is 1. The van der Waals surface area contributed by atoms with Crippen molar-refractivity contribution in [3.8, 4) is 11.5 Å². The Balaban J connectivity index is 0.00000588. The van der Waals surface area contributed by atoms with Gasteiger partial charge in [0.25, 0.3) is 0 Å². The van der Waals surface area contributed by atoms with E-state index < -0.39 is 0 Å². The van der Waals surface area contributed by atoms with Gasteiger partial charge in [0.2, 0.25) is 11.4 Å². The minimum absolute atomic E-state index is 0. The maximum Gasteiger partial charge on any atom is 0.228 e. The molecule has 41 heavy (non-hydrogen) atoms. The molecule has 1 heterocycles. The fraction of sp³-hybridized carbons (Fsp3) is 0.529. The molecular weight excluding hydrogens is 596 g/mol. The van der Waals surface area contributed by atoms with Gasteiger partial charge in [-0.2, -0.15) is 4.57 Å². The lowest BCUT2D eigenvalue weighted by atomic mass is 10.1. The van der Waals surface area contributed by atoms with Crippen LogP contribution in [0.15, 0.2) is 54.2 Å². The van der Waals surface area contributed by atoms with E-state index in [2.05, 4.69) is 41.5 Å². The van der Waals surface area contributed by atoms with E-state index >= 15 is 0 Å². The fourth-order valence-electron chi connectivity index (χ4n) is 4.95. The number of unbranched alkanes of at least 4 members (excludes halogenated alkanes) is 11. The minimum Gasteiger partial charge on any atom is -1.00 e. The number of ether oxygens (including phenoxy) is 2. The van der Waals surface area contributed by atoms with Gasteiger partial charge in [0.1, 0.15) is 0 Å². The minimum atomic E-state index is -0.0498. The van der Waals surface area contributed by atoms with E-state index in [0.717, 1.165) is 35.5 Å². The van der Waals surface area contributed by atoms with Crippen molar-refractivity contribution in [3.63, 3.8) is 0 Å². The zero-order valence-corrected chi connectivity index (χ0v) is 27.7. The zero-order valence-electron chi connectivity index (χ0n) is 25.3. The van der Waals surface area contributed by atoms with Crippen molar-refractivity contribution >= 4 is 22.9 Å². The van der Waals surface area contributed by atoms with Gasteiger partial charge < -0.3 is 31.8 Å². The standard InChI is InChI=1S/C34H48N2O3S.BrH/c1-4-5-6-7-8-9-10-11-12-13-14-17-22-39-32-21-20-29(23-33(32)38-3)24-34(37)35-31-19-16-15-18-30(31)26-36-25-28(2)40-27-36;/h15-16,18-21,23,25,27H,4-14,17,22,24,26H2,1-3H3;1H. The maximum absolute atomic E-state index is 12.9. The topological polar surface area (TPSA) is 51.4 Å². The molecule has 0 bridgehead atoms. The molecule has 1 N–H and O–H groups in total. The number of thiazole rings is 1. The summed E-state index contributed by atoms with van der Waals surface area (Å²) in [7, 11) is 1.65. The molecule has 0 spiro atoms. The van der Waals surface area contributed by atoms with Crippen LogP contribution in [0, 0.1) is 6.92 Å². The first-order valence-electron chi connectivity index (χ1n) is 15.2. The molecule has 0 radical (unpaired) electrons. The average Bonchev–Trinajstić information content (AvgIpc) is 3.37. The van der Waals surface area contributed by atoms with Gasteiger partial charge in [-0.1, -0.05) is 113 Å². The Hall–Kier alpha value is -2.38. The van der Waals surface area contributed by atoms with Crippen molar-refractivity contribution in [2.75, 3.05) is 19.0 Å². The number of nitrogens with one attached hydrogen (secondary N) is 1. The van der Waals surface area contributed by atoms with Crippen molar-refractivity contribution in [2.24, 2.45) is 0 Å². The average molecular weight is 646 g/mol. The van der Waals surface area contributed by atoms with Gasteiger partial charge in [0.15, 0.2) is 24.2 Å². The monoisotopic (exact) mass is 644 g/mol. The molecule has 2 aromatic carbocycles. The summed E-state index contributed by atoms with van der Waals surface area (Å²) in [5.41, 5.74) is 4.92. The Bertz CT molecular complexity index is 1150. The van der Waals surface area contributed by atoms with E-state index in [1.54, 1.807) is 18.4 Å². The second-order valence-electron chi connectivity index (χ2n) is 10.7. The largest absolute Gasteiger partial charge is 1.00 e. The number of hydrogen-bond acceptors (Lipinski definition) is 4. The molecule has 3 aromatic rings. The van der Waals surface area contributed by atoms with E-state index in [0.29, 0.717) is 12.4 Å². The van der Waals surface area contributed by atoms with Crippen LogP contribution in [-0.2, 0) is 17.8 Å². The van der Waals surface area contributed by atoms with Crippen molar-refractivity contribution in [2.45, 2.75) is 104 Å². The van der Waals surface area contributed by atoms with Gasteiger partial charge in [0, 0.05) is 5.56 Å². The quantitative estimate of drug-likeness (QED) is 0.127. The van der Waals surface area contributed by atoms with Crippen LogP contribution in [0.25, 0.3) is 0 Å². The summed E-state index contributed by atoms with van der Waals surface area (Å²) in [6.45, 7) is 5.78. The molecule has 0 unspecified atom stereocenters. The summed E-state index contributed by atoms with van der Waals surface area (Å²) in [6.07, 6.45) is 18.3. The van der Waals surface area contributed by atoms with Crippen molar-refractivity contribution in [1.29, 1.82) is 0 Å². The number of aryl methyl sites for hydroxylation is 1. The maximum atomic E-state index is 12.9. The van der Waals surface area contributed by atoms with Gasteiger partial charge in [-0.05, 0) is 37.1 Å². The molecule has 0 atom stereocenters. The molecule has 0 aliphatic heterocycles. The Kier molecular flexibility index (Phi) is 17.4. The normalized spacial score (nSPS) is 10.7. The first-order chi connectivity index (χ1) is 19.6. The van der Waals surface area contributed by atoms with Gasteiger partial charge in [0.05, 0.1) is 30.7 Å². The number of halogens is 1. The molecule has 3 rings (SSSR count). The number of para-hydroxylation sites is 1. The third kappa shape index (κ3) is 13.4. The summed E-state index contributed by atoms with van der Waals surface area (Å²) in [6, 6.07) is 13.8. The highest BCUT2D eigenvalue weighted by Gasteiger charge is 2.13. The summed E-state index contributed by atoms with van der Waals surface area (Å²) >= 11 is 1.72. The smallest absolute Gasteiger partial charge is 0.228 e. The van der Waals surface area contributed by atoms with Gasteiger partial charge in [-0.15, -0.1) is 0 Å². The molecule has 0 fully saturated rings. The van der Waals surface area contributed by atoms with Crippen molar-refractivity contribution < 1.29 is 35.8 Å². The number of aromatic nitrogens is 1. The number of hydrogen-bond donors (Lipinski definition) is 1. The second kappa shape index (κ2) is 20.5. The van der Waals surface area contributed by atoms with Crippen LogP contribution in [0.5, 0.6) is 11.5 Å². The Morgan fingerprint density at radius 3 is 2.17 bits per heavy atom. The molecular formula is C34H49BrN2O3S. The van der Waals surface area contributed by atoms with Crippen LogP contribution >= 0.6 is 11.3 Å². The van der Waals surface area contributed by atoms with Crippen LogP contribution < -0.4 is 36.3 Å². The summed E-state index contributed by atoms with van der Waals surface area (Å²) in [5, 5.41) is 3.10. The predicted octanol–water partition coefficient (Wildman–Crippen LogP) is 5.67. The first-order valence-corrected chi connectivity index (χ1v) is 16.1. The van der Waals surface area contributed by atoms with E-state index in [-0.39, 0.29) is 29.3 Å². The third-order valence-corrected chi connectivity index (χ3v) is 8.07. The lowest BCUT2D eigenvalue weighted by Gasteiger charge is -2.13. The number of carbonyl (C=O) groups excluding carboxylic acids is 1. The van der Waals surface area contributed by atoms with E-state index in [9.17, 15) is 4.79 Å². The van der Waals surface area contributed by atoms with Gasteiger partial charge in [-0.3, -0.25) is 4.79 Å². The number of amides is 1. The number of benzene rings is 2.